The van der Waals surface area contributed by atoms with Gasteiger partial charge in [-0.25, -0.2) is 4.68 Å². The van der Waals surface area contributed by atoms with Gasteiger partial charge in [-0.1, -0.05) is 0 Å². The average molecular weight is 272 g/mol. The summed E-state index contributed by atoms with van der Waals surface area (Å²) < 4.78 is 1.69. The molecule has 0 saturated carbocycles. The molecule has 1 aliphatic heterocycles. The highest BCUT2D eigenvalue weighted by molar-refractivity contribution is 5.53. The second-order valence-corrected chi connectivity index (χ2v) is 5.33. The van der Waals surface area contributed by atoms with Crippen molar-refractivity contribution in [3.63, 3.8) is 0 Å². The minimum absolute atomic E-state index is 0.774. The smallest absolute Gasteiger partial charge is 0.143 e. The molecule has 1 saturated heterocycles. The maximum Gasteiger partial charge on any atom is 0.143 e. The van der Waals surface area contributed by atoms with E-state index in [-0.39, 0.29) is 0 Å². The van der Waals surface area contributed by atoms with E-state index in [2.05, 4.69) is 51.3 Å². The molecular formula is C14H20N6. The van der Waals surface area contributed by atoms with Crippen LogP contribution in [0.15, 0.2) is 24.5 Å². The lowest BCUT2D eigenvalue weighted by molar-refractivity contribution is 0.390. The fourth-order valence-corrected chi connectivity index (χ4v) is 2.64. The van der Waals surface area contributed by atoms with E-state index in [1.807, 2.05) is 0 Å². The predicted octanol–water partition coefficient (Wildman–Crippen LogP) is 1.38. The zero-order valence-corrected chi connectivity index (χ0v) is 11.7. The highest BCUT2D eigenvalue weighted by Crippen LogP contribution is 2.19. The van der Waals surface area contributed by atoms with Crippen molar-refractivity contribution in [3.8, 4) is 5.69 Å². The Bertz CT molecular complexity index is 545. The zero-order chi connectivity index (χ0) is 13.8. The van der Waals surface area contributed by atoms with Crippen LogP contribution < -0.4 is 10.6 Å². The SMILES string of the molecule is Cc1cc(NCC2CCNCC2)ccc1-n1cnnn1. The number of tetrazole rings is 1. The van der Waals surface area contributed by atoms with Crippen molar-refractivity contribution in [1.82, 2.24) is 25.5 Å². The van der Waals surface area contributed by atoms with E-state index in [1.165, 1.54) is 12.8 Å². The molecule has 0 spiro atoms. The highest BCUT2D eigenvalue weighted by Gasteiger charge is 2.12. The van der Waals surface area contributed by atoms with Gasteiger partial charge < -0.3 is 10.6 Å². The summed E-state index contributed by atoms with van der Waals surface area (Å²) in [5.41, 5.74) is 3.34. The Morgan fingerprint density at radius 1 is 1.35 bits per heavy atom. The number of hydrogen-bond donors (Lipinski definition) is 2. The fourth-order valence-electron chi connectivity index (χ4n) is 2.64. The topological polar surface area (TPSA) is 67.7 Å². The van der Waals surface area contributed by atoms with E-state index in [1.54, 1.807) is 11.0 Å². The first-order chi connectivity index (χ1) is 9.83. The van der Waals surface area contributed by atoms with Gasteiger partial charge in [-0.15, -0.1) is 5.10 Å². The molecule has 2 heterocycles. The number of piperidine rings is 1. The molecule has 0 bridgehead atoms. The van der Waals surface area contributed by atoms with Crippen LogP contribution >= 0.6 is 0 Å². The summed E-state index contributed by atoms with van der Waals surface area (Å²) in [5.74, 6) is 0.774. The quantitative estimate of drug-likeness (QED) is 0.880. The Hall–Kier alpha value is -1.95. The maximum atomic E-state index is 3.92. The van der Waals surface area contributed by atoms with Crippen LogP contribution in [0, 0.1) is 12.8 Å². The lowest BCUT2D eigenvalue weighted by Gasteiger charge is -2.23. The molecule has 0 atom stereocenters. The molecule has 0 aliphatic carbocycles. The Kier molecular flexibility index (Phi) is 3.92. The van der Waals surface area contributed by atoms with Crippen molar-refractivity contribution in [2.75, 3.05) is 25.0 Å². The summed E-state index contributed by atoms with van der Waals surface area (Å²) in [6.45, 7) is 5.41. The van der Waals surface area contributed by atoms with E-state index in [4.69, 9.17) is 0 Å². The summed E-state index contributed by atoms with van der Waals surface area (Å²) in [4.78, 5) is 0. The van der Waals surface area contributed by atoms with Crippen LogP contribution in [-0.2, 0) is 0 Å². The standard InChI is InChI=1S/C14H20N6/c1-11-8-13(16-9-12-4-6-15-7-5-12)2-3-14(11)20-10-17-18-19-20/h2-3,8,10,12,15-16H,4-7,9H2,1H3. The summed E-state index contributed by atoms with van der Waals surface area (Å²) in [6.07, 6.45) is 4.13. The molecule has 0 radical (unpaired) electrons. The molecule has 2 N–H and O–H groups in total. The van der Waals surface area contributed by atoms with Gasteiger partial charge in [0.25, 0.3) is 0 Å². The van der Waals surface area contributed by atoms with Crippen molar-refractivity contribution >= 4 is 5.69 Å². The first kappa shape index (κ1) is 13.1. The Labute approximate surface area is 118 Å². The van der Waals surface area contributed by atoms with Crippen molar-refractivity contribution < 1.29 is 0 Å². The third-order valence-corrected chi connectivity index (χ3v) is 3.85. The molecule has 1 aromatic heterocycles. The fraction of sp³-hybridized carbons (Fsp3) is 0.500. The third-order valence-electron chi connectivity index (χ3n) is 3.85. The van der Waals surface area contributed by atoms with Crippen LogP contribution in [0.5, 0.6) is 0 Å². The summed E-state index contributed by atoms with van der Waals surface area (Å²) in [7, 11) is 0. The molecule has 20 heavy (non-hydrogen) atoms. The first-order valence-electron chi connectivity index (χ1n) is 7.11. The Balaban J connectivity index is 1.64. The number of hydrogen-bond acceptors (Lipinski definition) is 5. The number of anilines is 1. The van der Waals surface area contributed by atoms with Crippen LogP contribution in [0.4, 0.5) is 5.69 Å². The molecule has 3 rings (SSSR count). The largest absolute Gasteiger partial charge is 0.385 e. The van der Waals surface area contributed by atoms with Crippen LogP contribution in [0.3, 0.4) is 0 Å². The number of aryl methyl sites for hydroxylation is 1. The molecule has 2 aromatic rings. The van der Waals surface area contributed by atoms with Crippen molar-refractivity contribution in [2.45, 2.75) is 19.8 Å². The van der Waals surface area contributed by atoms with Gasteiger partial charge in [-0.2, -0.15) is 0 Å². The number of nitrogens with one attached hydrogen (secondary N) is 2. The van der Waals surface area contributed by atoms with Crippen LogP contribution in [0.25, 0.3) is 5.69 Å². The lowest BCUT2D eigenvalue weighted by atomic mass is 9.98. The minimum Gasteiger partial charge on any atom is -0.385 e. The van der Waals surface area contributed by atoms with Crippen LogP contribution in [0.2, 0.25) is 0 Å². The number of benzene rings is 1. The molecule has 1 aromatic carbocycles. The normalized spacial score (nSPS) is 16.2. The Morgan fingerprint density at radius 3 is 2.90 bits per heavy atom. The molecule has 6 nitrogen and oxygen atoms in total. The average Bonchev–Trinajstić information content (AvgIpc) is 3.00. The number of rotatable bonds is 4. The molecule has 0 amide bonds. The molecule has 106 valence electrons. The molecule has 6 heteroatoms. The monoisotopic (exact) mass is 272 g/mol. The van der Waals surface area contributed by atoms with E-state index in [9.17, 15) is 0 Å². The second kappa shape index (κ2) is 6.00. The molecule has 0 unspecified atom stereocenters. The summed E-state index contributed by atoms with van der Waals surface area (Å²) >= 11 is 0. The van der Waals surface area contributed by atoms with Gasteiger partial charge in [-0.3, -0.25) is 0 Å². The zero-order valence-electron chi connectivity index (χ0n) is 11.7. The second-order valence-electron chi connectivity index (χ2n) is 5.33. The third kappa shape index (κ3) is 2.96. The molecule has 1 fully saturated rings. The van der Waals surface area contributed by atoms with E-state index in [0.717, 1.165) is 42.5 Å². The minimum atomic E-state index is 0.774. The lowest BCUT2D eigenvalue weighted by Crippen LogP contribution is -2.31. The Morgan fingerprint density at radius 2 is 2.20 bits per heavy atom. The maximum absolute atomic E-state index is 3.92. The summed E-state index contributed by atoms with van der Waals surface area (Å²) in [5, 5.41) is 18.2. The number of nitrogens with zero attached hydrogens (tertiary/aromatic N) is 4. The van der Waals surface area contributed by atoms with Crippen molar-refractivity contribution in [1.29, 1.82) is 0 Å². The van der Waals surface area contributed by atoms with Gasteiger partial charge in [0, 0.05) is 12.2 Å². The van der Waals surface area contributed by atoms with E-state index < -0.39 is 0 Å². The van der Waals surface area contributed by atoms with Gasteiger partial charge in [0.2, 0.25) is 0 Å². The van der Waals surface area contributed by atoms with Crippen LogP contribution in [-0.4, -0.2) is 39.8 Å². The van der Waals surface area contributed by atoms with Crippen molar-refractivity contribution in [2.24, 2.45) is 5.92 Å². The molecular weight excluding hydrogens is 252 g/mol. The highest BCUT2D eigenvalue weighted by atomic mass is 15.5. The number of aromatic nitrogens is 4. The predicted molar refractivity (Wildman–Crippen MR) is 78.0 cm³/mol. The van der Waals surface area contributed by atoms with E-state index >= 15 is 0 Å². The van der Waals surface area contributed by atoms with Gasteiger partial charge in [0.1, 0.15) is 6.33 Å². The summed E-state index contributed by atoms with van der Waals surface area (Å²) in [6, 6.07) is 6.29. The molecule has 1 aliphatic rings. The van der Waals surface area contributed by atoms with E-state index in [0.29, 0.717) is 0 Å². The van der Waals surface area contributed by atoms with Gasteiger partial charge >= 0.3 is 0 Å². The van der Waals surface area contributed by atoms with Crippen LogP contribution in [0.1, 0.15) is 18.4 Å². The van der Waals surface area contributed by atoms with Gasteiger partial charge in [0.15, 0.2) is 0 Å². The van der Waals surface area contributed by atoms with Gasteiger partial charge in [-0.05, 0) is 73.0 Å². The first-order valence-corrected chi connectivity index (χ1v) is 7.11. The van der Waals surface area contributed by atoms with Gasteiger partial charge in [0.05, 0.1) is 5.69 Å². The van der Waals surface area contributed by atoms with Crippen molar-refractivity contribution in [3.05, 3.63) is 30.1 Å².